The normalized spacial score (nSPS) is 11.0. The Morgan fingerprint density at radius 2 is 2.07 bits per heavy atom. The highest BCUT2D eigenvalue weighted by molar-refractivity contribution is 5.93. The third kappa shape index (κ3) is 3.57. The van der Waals surface area contributed by atoms with E-state index in [1.807, 2.05) is 54.9 Å². The maximum Gasteiger partial charge on any atom is 0.252 e. The fraction of sp³-hybridized carbons (Fsp3) is 0.200. The molecular formula is C20H20N6O. The van der Waals surface area contributed by atoms with Gasteiger partial charge in [0.15, 0.2) is 5.82 Å². The molecule has 0 aromatic carbocycles. The zero-order valence-corrected chi connectivity index (χ0v) is 15.3. The second kappa shape index (κ2) is 7.03. The number of hydrogen-bond acceptors (Lipinski definition) is 4. The van der Waals surface area contributed by atoms with Gasteiger partial charge in [-0.05, 0) is 44.2 Å². The number of pyridine rings is 2. The molecule has 0 radical (unpaired) electrons. The van der Waals surface area contributed by atoms with Crippen LogP contribution in [0.1, 0.15) is 27.4 Å². The van der Waals surface area contributed by atoms with Gasteiger partial charge >= 0.3 is 0 Å². The molecule has 0 fully saturated rings. The molecule has 0 aliphatic rings. The SMILES string of the molecule is Cc1cc(C)n(-c2ccc(C(=O)NCCc3cn4ccccc4n3)cn2)n1. The Hall–Kier alpha value is -3.48. The molecule has 0 saturated carbocycles. The van der Waals surface area contributed by atoms with Gasteiger partial charge in [0.05, 0.1) is 17.0 Å². The van der Waals surface area contributed by atoms with Gasteiger partial charge in [-0.2, -0.15) is 5.10 Å². The Bertz CT molecular complexity index is 1060. The first-order valence-electron chi connectivity index (χ1n) is 8.81. The average Bonchev–Trinajstić information content (AvgIpc) is 3.23. The van der Waals surface area contributed by atoms with Crippen molar-refractivity contribution < 1.29 is 4.79 Å². The fourth-order valence-electron chi connectivity index (χ4n) is 3.02. The molecule has 0 saturated heterocycles. The second-order valence-corrected chi connectivity index (χ2v) is 6.45. The zero-order valence-electron chi connectivity index (χ0n) is 15.3. The van der Waals surface area contributed by atoms with Crippen LogP contribution in [0.5, 0.6) is 0 Å². The van der Waals surface area contributed by atoms with Gasteiger partial charge < -0.3 is 9.72 Å². The zero-order chi connectivity index (χ0) is 18.8. The number of imidazole rings is 1. The van der Waals surface area contributed by atoms with Gasteiger partial charge in [0, 0.05) is 37.3 Å². The van der Waals surface area contributed by atoms with Crippen LogP contribution < -0.4 is 5.32 Å². The molecule has 1 N–H and O–H groups in total. The van der Waals surface area contributed by atoms with E-state index in [-0.39, 0.29) is 5.91 Å². The van der Waals surface area contributed by atoms with E-state index in [0.717, 1.165) is 22.7 Å². The first kappa shape index (κ1) is 17.0. The summed E-state index contributed by atoms with van der Waals surface area (Å²) in [5.74, 6) is 0.549. The molecular weight excluding hydrogens is 340 g/mol. The molecule has 4 rings (SSSR count). The summed E-state index contributed by atoms with van der Waals surface area (Å²) in [6, 6.07) is 11.4. The molecule has 0 spiro atoms. The van der Waals surface area contributed by atoms with Crippen molar-refractivity contribution in [2.75, 3.05) is 6.54 Å². The Balaban J connectivity index is 1.37. The molecule has 1 amide bonds. The van der Waals surface area contributed by atoms with Crippen LogP contribution in [0, 0.1) is 13.8 Å². The highest BCUT2D eigenvalue weighted by Crippen LogP contribution is 2.10. The number of nitrogens with one attached hydrogen (secondary N) is 1. The molecule has 4 aromatic rings. The van der Waals surface area contributed by atoms with E-state index in [1.54, 1.807) is 23.0 Å². The van der Waals surface area contributed by atoms with Crippen LogP contribution in [0.2, 0.25) is 0 Å². The number of amides is 1. The quantitative estimate of drug-likeness (QED) is 0.593. The van der Waals surface area contributed by atoms with Gasteiger partial charge in [-0.1, -0.05) is 6.07 Å². The summed E-state index contributed by atoms with van der Waals surface area (Å²) in [6.07, 6.45) is 6.18. The Labute approximate surface area is 156 Å². The van der Waals surface area contributed by atoms with Crippen LogP contribution in [0.25, 0.3) is 11.5 Å². The number of fused-ring (bicyclic) bond motifs is 1. The Kier molecular flexibility index (Phi) is 4.42. The average molecular weight is 360 g/mol. The van der Waals surface area contributed by atoms with Crippen molar-refractivity contribution in [1.82, 2.24) is 29.5 Å². The van der Waals surface area contributed by atoms with Gasteiger partial charge in [0.2, 0.25) is 0 Å². The summed E-state index contributed by atoms with van der Waals surface area (Å²) in [5, 5.41) is 7.32. The topological polar surface area (TPSA) is 77.1 Å². The summed E-state index contributed by atoms with van der Waals surface area (Å²) in [5.41, 5.74) is 4.31. The lowest BCUT2D eigenvalue weighted by Gasteiger charge is -2.06. The van der Waals surface area contributed by atoms with Crippen LogP contribution in [-0.2, 0) is 6.42 Å². The lowest BCUT2D eigenvalue weighted by Crippen LogP contribution is -2.26. The van der Waals surface area contributed by atoms with Crippen molar-refractivity contribution in [3.8, 4) is 5.82 Å². The lowest BCUT2D eigenvalue weighted by molar-refractivity contribution is 0.0953. The molecule has 0 atom stereocenters. The lowest BCUT2D eigenvalue weighted by atomic mass is 10.2. The predicted molar refractivity (Wildman–Crippen MR) is 102 cm³/mol. The summed E-state index contributed by atoms with van der Waals surface area (Å²) in [4.78, 5) is 21.2. The number of aromatic nitrogens is 5. The summed E-state index contributed by atoms with van der Waals surface area (Å²) in [6.45, 7) is 4.43. The molecule has 0 unspecified atom stereocenters. The molecule has 7 heteroatoms. The van der Waals surface area contributed by atoms with Gasteiger partial charge in [0.1, 0.15) is 5.65 Å². The van der Waals surface area contributed by atoms with Crippen LogP contribution in [0.15, 0.2) is 55.0 Å². The number of aryl methyl sites for hydroxylation is 2. The number of nitrogens with zero attached hydrogens (tertiary/aromatic N) is 5. The van der Waals surface area contributed by atoms with E-state index in [0.29, 0.717) is 24.3 Å². The molecule has 7 nitrogen and oxygen atoms in total. The van der Waals surface area contributed by atoms with Gasteiger partial charge in [0.25, 0.3) is 5.91 Å². The highest BCUT2D eigenvalue weighted by Gasteiger charge is 2.09. The highest BCUT2D eigenvalue weighted by atomic mass is 16.1. The second-order valence-electron chi connectivity index (χ2n) is 6.45. The molecule has 4 heterocycles. The minimum atomic E-state index is -0.147. The smallest absolute Gasteiger partial charge is 0.252 e. The first-order chi connectivity index (χ1) is 13.1. The van der Waals surface area contributed by atoms with Crippen LogP contribution in [-0.4, -0.2) is 36.6 Å². The number of carbonyl (C=O) groups excluding carboxylic acids is 1. The fourth-order valence-corrected chi connectivity index (χ4v) is 3.02. The Morgan fingerprint density at radius 3 is 2.78 bits per heavy atom. The molecule has 27 heavy (non-hydrogen) atoms. The third-order valence-corrected chi connectivity index (χ3v) is 4.32. The van der Waals surface area contributed by atoms with E-state index in [1.165, 1.54) is 0 Å². The number of rotatable bonds is 5. The van der Waals surface area contributed by atoms with E-state index in [9.17, 15) is 4.79 Å². The van der Waals surface area contributed by atoms with Gasteiger partial charge in [-0.15, -0.1) is 0 Å². The summed E-state index contributed by atoms with van der Waals surface area (Å²) >= 11 is 0. The van der Waals surface area contributed by atoms with Gasteiger partial charge in [-0.3, -0.25) is 4.79 Å². The maximum atomic E-state index is 12.3. The van der Waals surface area contributed by atoms with Gasteiger partial charge in [-0.25, -0.2) is 14.6 Å². The standard InChI is InChI=1S/C20H20N6O/c1-14-11-15(2)26(24-14)18-7-6-16(12-22-18)20(27)21-9-8-17-13-25-10-4-3-5-19(25)23-17/h3-7,10-13H,8-9H2,1-2H3,(H,21,27). The molecule has 4 aromatic heterocycles. The van der Waals surface area contributed by atoms with E-state index >= 15 is 0 Å². The van der Waals surface area contributed by atoms with Crippen molar-refractivity contribution in [2.24, 2.45) is 0 Å². The van der Waals surface area contributed by atoms with Crippen LogP contribution >= 0.6 is 0 Å². The minimum absolute atomic E-state index is 0.147. The maximum absolute atomic E-state index is 12.3. The van der Waals surface area contributed by atoms with Crippen molar-refractivity contribution in [1.29, 1.82) is 0 Å². The first-order valence-corrected chi connectivity index (χ1v) is 8.81. The monoisotopic (exact) mass is 360 g/mol. The summed E-state index contributed by atoms with van der Waals surface area (Å²) in [7, 11) is 0. The van der Waals surface area contributed by atoms with Crippen molar-refractivity contribution >= 4 is 11.6 Å². The minimum Gasteiger partial charge on any atom is -0.352 e. The van der Waals surface area contributed by atoms with Crippen LogP contribution in [0.3, 0.4) is 0 Å². The van der Waals surface area contributed by atoms with Crippen molar-refractivity contribution in [2.45, 2.75) is 20.3 Å². The van der Waals surface area contributed by atoms with Crippen molar-refractivity contribution in [3.63, 3.8) is 0 Å². The number of hydrogen-bond donors (Lipinski definition) is 1. The van der Waals surface area contributed by atoms with Crippen LogP contribution in [0.4, 0.5) is 0 Å². The molecule has 136 valence electrons. The Morgan fingerprint density at radius 1 is 1.19 bits per heavy atom. The largest absolute Gasteiger partial charge is 0.352 e. The van der Waals surface area contributed by atoms with E-state index < -0.39 is 0 Å². The predicted octanol–water partition coefficient (Wildman–Crippen LogP) is 2.50. The molecule has 0 bridgehead atoms. The van der Waals surface area contributed by atoms with Crippen molar-refractivity contribution in [3.05, 3.63) is 77.6 Å². The summed E-state index contributed by atoms with van der Waals surface area (Å²) < 4.78 is 3.74. The molecule has 0 aliphatic heterocycles. The van der Waals surface area contributed by atoms with E-state index in [4.69, 9.17) is 0 Å². The van der Waals surface area contributed by atoms with E-state index in [2.05, 4.69) is 20.4 Å². The third-order valence-electron chi connectivity index (χ3n) is 4.32. The molecule has 0 aliphatic carbocycles. The number of carbonyl (C=O) groups is 1.